The van der Waals surface area contributed by atoms with Crippen LogP contribution in [0.3, 0.4) is 0 Å². The Balaban J connectivity index is 2.75. The van der Waals surface area contributed by atoms with Crippen molar-refractivity contribution in [3.05, 3.63) is 0 Å². The highest BCUT2D eigenvalue weighted by molar-refractivity contribution is 7.79. The Bertz CT molecular complexity index is 203. The van der Waals surface area contributed by atoms with Gasteiger partial charge in [-0.05, 0) is 5.92 Å². The number of imide groups is 1. The molecule has 4 heteroatoms. The molecular weight excluding hydrogens is 162 g/mol. The van der Waals surface area contributed by atoms with Gasteiger partial charge in [-0.2, -0.15) is 0 Å². The van der Waals surface area contributed by atoms with Crippen molar-refractivity contribution in [3.63, 3.8) is 0 Å². The minimum absolute atomic E-state index is 0.153. The van der Waals surface area contributed by atoms with Crippen molar-refractivity contribution in [2.45, 2.75) is 20.3 Å². The quantitative estimate of drug-likeness (QED) is 0.472. The van der Waals surface area contributed by atoms with Crippen LogP contribution in [-0.4, -0.2) is 16.1 Å². The summed E-state index contributed by atoms with van der Waals surface area (Å²) in [5.74, 6) is -0.269. The van der Waals surface area contributed by atoms with Gasteiger partial charge in [0.1, 0.15) is 0 Å². The van der Waals surface area contributed by atoms with Crippen molar-refractivity contribution in [1.82, 2.24) is 4.31 Å². The Morgan fingerprint density at radius 1 is 1.55 bits per heavy atom. The van der Waals surface area contributed by atoms with E-state index in [1.165, 1.54) is 0 Å². The Morgan fingerprint density at radius 2 is 2.09 bits per heavy atom. The molecule has 1 aliphatic rings. The summed E-state index contributed by atoms with van der Waals surface area (Å²) in [6, 6.07) is 0. The molecule has 1 heterocycles. The summed E-state index contributed by atoms with van der Waals surface area (Å²) in [5.41, 5.74) is 0. The predicted molar refractivity (Wildman–Crippen MR) is 43.8 cm³/mol. The minimum atomic E-state index is -0.183. The maximum absolute atomic E-state index is 11.2. The normalized spacial score (nSPS) is 25.5. The van der Waals surface area contributed by atoms with Crippen LogP contribution in [0.15, 0.2) is 0 Å². The largest absolute Gasteiger partial charge is 0.273 e. The molecule has 0 spiro atoms. The number of hydrogen-bond acceptors (Lipinski definition) is 3. The second kappa shape index (κ2) is 2.85. The van der Waals surface area contributed by atoms with E-state index in [2.05, 4.69) is 12.8 Å². The van der Waals surface area contributed by atoms with Crippen molar-refractivity contribution in [1.29, 1.82) is 0 Å². The van der Waals surface area contributed by atoms with Gasteiger partial charge in [0.15, 0.2) is 0 Å². The summed E-state index contributed by atoms with van der Waals surface area (Å²) in [6.45, 7) is 3.87. The van der Waals surface area contributed by atoms with Crippen molar-refractivity contribution < 1.29 is 9.59 Å². The summed E-state index contributed by atoms with van der Waals surface area (Å²) in [7, 11) is 0. The average Bonchev–Trinajstić information content (AvgIpc) is 2.17. The van der Waals surface area contributed by atoms with E-state index in [1.54, 1.807) is 0 Å². The molecule has 1 atom stereocenters. The summed E-state index contributed by atoms with van der Waals surface area (Å²) in [4.78, 5) is 22.1. The molecule has 3 nitrogen and oxygen atoms in total. The number of carbonyl (C=O) groups is 2. The van der Waals surface area contributed by atoms with Crippen LogP contribution < -0.4 is 0 Å². The third-order valence-electron chi connectivity index (χ3n) is 1.96. The van der Waals surface area contributed by atoms with Crippen LogP contribution in [0.25, 0.3) is 0 Å². The molecular formula is C7H11NO2S. The number of carbonyl (C=O) groups excluding carboxylic acids is 2. The van der Waals surface area contributed by atoms with Crippen molar-refractivity contribution in [3.8, 4) is 0 Å². The zero-order valence-corrected chi connectivity index (χ0v) is 7.47. The van der Waals surface area contributed by atoms with Crippen LogP contribution in [0.1, 0.15) is 20.3 Å². The Kier molecular flexibility index (Phi) is 2.23. The number of amides is 2. The third-order valence-corrected chi connectivity index (χ3v) is 2.38. The second-order valence-electron chi connectivity index (χ2n) is 3.10. The minimum Gasteiger partial charge on any atom is -0.273 e. The molecule has 0 aliphatic carbocycles. The van der Waals surface area contributed by atoms with Gasteiger partial charge in [-0.15, -0.1) is 0 Å². The zero-order valence-electron chi connectivity index (χ0n) is 6.57. The number of hydrogen-bond donors (Lipinski definition) is 1. The SMILES string of the molecule is CC(C)C1CC(=O)N(S)C1=O. The number of thiol groups is 1. The van der Waals surface area contributed by atoms with Gasteiger partial charge < -0.3 is 0 Å². The molecule has 0 saturated carbocycles. The molecule has 0 N–H and O–H groups in total. The first-order valence-corrected chi connectivity index (χ1v) is 3.99. The number of nitrogens with zero attached hydrogens (tertiary/aromatic N) is 1. The van der Waals surface area contributed by atoms with Gasteiger partial charge >= 0.3 is 0 Å². The lowest BCUT2D eigenvalue weighted by molar-refractivity contribution is -0.133. The van der Waals surface area contributed by atoms with Gasteiger partial charge in [0.2, 0.25) is 11.8 Å². The predicted octanol–water partition coefficient (Wildman–Crippen LogP) is 0.862. The topological polar surface area (TPSA) is 37.4 Å². The highest BCUT2D eigenvalue weighted by Crippen LogP contribution is 2.26. The molecule has 1 unspecified atom stereocenters. The maximum Gasteiger partial charge on any atom is 0.243 e. The van der Waals surface area contributed by atoms with E-state index < -0.39 is 0 Å². The fraction of sp³-hybridized carbons (Fsp3) is 0.714. The smallest absolute Gasteiger partial charge is 0.243 e. The van der Waals surface area contributed by atoms with Gasteiger partial charge in [-0.3, -0.25) is 9.59 Å². The summed E-state index contributed by atoms with van der Waals surface area (Å²) < 4.78 is 0.921. The van der Waals surface area contributed by atoms with Crippen LogP contribution in [0, 0.1) is 11.8 Å². The van der Waals surface area contributed by atoms with Gasteiger partial charge in [0.25, 0.3) is 0 Å². The zero-order chi connectivity index (χ0) is 8.59. The molecule has 0 aromatic rings. The first-order chi connectivity index (χ1) is 5.04. The molecule has 1 saturated heterocycles. The summed E-state index contributed by atoms with van der Waals surface area (Å²) in [6.07, 6.45) is 0.319. The first-order valence-electron chi connectivity index (χ1n) is 3.59. The Hall–Kier alpha value is -0.510. The van der Waals surface area contributed by atoms with E-state index in [9.17, 15) is 9.59 Å². The van der Waals surface area contributed by atoms with Crippen molar-refractivity contribution in [2.24, 2.45) is 11.8 Å². The van der Waals surface area contributed by atoms with Gasteiger partial charge in [-0.1, -0.05) is 26.7 Å². The van der Waals surface area contributed by atoms with Gasteiger partial charge in [0.05, 0.1) is 5.92 Å². The maximum atomic E-state index is 11.2. The van der Waals surface area contributed by atoms with Gasteiger partial charge in [0, 0.05) is 6.42 Å². The van der Waals surface area contributed by atoms with Gasteiger partial charge in [-0.25, -0.2) is 4.31 Å². The molecule has 0 radical (unpaired) electrons. The van der Waals surface area contributed by atoms with E-state index in [1.807, 2.05) is 13.8 Å². The molecule has 11 heavy (non-hydrogen) atoms. The standard InChI is InChI=1S/C7H11NO2S/c1-4(2)5-3-6(9)8(11)7(5)10/h4-5,11H,3H2,1-2H3. The lowest BCUT2D eigenvalue weighted by Gasteiger charge is -2.10. The van der Waals surface area contributed by atoms with E-state index in [0.717, 1.165) is 4.31 Å². The Morgan fingerprint density at radius 3 is 2.27 bits per heavy atom. The average molecular weight is 173 g/mol. The van der Waals surface area contributed by atoms with E-state index in [0.29, 0.717) is 6.42 Å². The third kappa shape index (κ3) is 1.40. The fourth-order valence-electron chi connectivity index (χ4n) is 1.16. The first kappa shape index (κ1) is 8.59. The highest BCUT2D eigenvalue weighted by atomic mass is 32.1. The van der Waals surface area contributed by atoms with E-state index in [4.69, 9.17) is 0 Å². The monoisotopic (exact) mass is 173 g/mol. The molecule has 0 bridgehead atoms. The fourth-order valence-corrected chi connectivity index (χ4v) is 1.39. The van der Waals surface area contributed by atoms with Crippen LogP contribution >= 0.6 is 12.8 Å². The van der Waals surface area contributed by atoms with Crippen molar-refractivity contribution in [2.75, 3.05) is 0 Å². The molecule has 1 aliphatic heterocycles. The lowest BCUT2D eigenvalue weighted by atomic mass is 9.95. The Labute approximate surface area is 71.3 Å². The second-order valence-corrected chi connectivity index (χ2v) is 3.50. The van der Waals surface area contributed by atoms with Crippen LogP contribution in [0.4, 0.5) is 0 Å². The molecule has 0 aromatic heterocycles. The van der Waals surface area contributed by atoms with Crippen molar-refractivity contribution >= 4 is 24.6 Å². The van der Waals surface area contributed by atoms with Crippen LogP contribution in [-0.2, 0) is 9.59 Å². The molecule has 1 rings (SSSR count). The number of rotatable bonds is 1. The molecule has 1 fully saturated rings. The van der Waals surface area contributed by atoms with E-state index in [-0.39, 0.29) is 23.7 Å². The van der Waals surface area contributed by atoms with Crippen LogP contribution in [0.5, 0.6) is 0 Å². The molecule has 0 aromatic carbocycles. The molecule has 2 amide bonds. The summed E-state index contributed by atoms with van der Waals surface area (Å²) >= 11 is 3.77. The highest BCUT2D eigenvalue weighted by Gasteiger charge is 2.38. The lowest BCUT2D eigenvalue weighted by Crippen LogP contribution is -2.22. The summed E-state index contributed by atoms with van der Waals surface area (Å²) in [5, 5.41) is 0. The molecule has 62 valence electrons. The van der Waals surface area contributed by atoms with Crippen LogP contribution in [0.2, 0.25) is 0 Å². The van der Waals surface area contributed by atoms with E-state index >= 15 is 0 Å².